The zero-order valence-electron chi connectivity index (χ0n) is 11.4. The van der Waals surface area contributed by atoms with E-state index in [4.69, 9.17) is 0 Å². The van der Waals surface area contributed by atoms with Gasteiger partial charge in [0.1, 0.15) is 10.7 Å². The van der Waals surface area contributed by atoms with Gasteiger partial charge in [-0.05, 0) is 31.7 Å². The van der Waals surface area contributed by atoms with Gasteiger partial charge in [0, 0.05) is 19.2 Å². The largest absolute Gasteiger partial charge is 0.393 e. The molecule has 1 unspecified atom stereocenters. The minimum Gasteiger partial charge on any atom is -0.393 e. The molecule has 0 radical (unpaired) electrons. The van der Waals surface area contributed by atoms with Crippen LogP contribution in [0.1, 0.15) is 19.8 Å². The van der Waals surface area contributed by atoms with E-state index in [-0.39, 0.29) is 25.1 Å². The van der Waals surface area contributed by atoms with Crippen molar-refractivity contribution in [3.05, 3.63) is 29.6 Å². The zero-order valence-corrected chi connectivity index (χ0v) is 12.2. The van der Waals surface area contributed by atoms with E-state index in [2.05, 4.69) is 0 Å². The van der Waals surface area contributed by atoms with Crippen molar-refractivity contribution in [3.63, 3.8) is 0 Å². The highest BCUT2D eigenvalue weighted by Crippen LogP contribution is 2.27. The Morgan fingerprint density at radius 3 is 2.19 bits per heavy atom. The lowest BCUT2D eigenvalue weighted by Crippen LogP contribution is -2.41. The fraction of sp³-hybridized carbons (Fsp3) is 0.538. The molecule has 0 saturated carbocycles. The summed E-state index contributed by atoms with van der Waals surface area (Å²) < 4.78 is 65.3. The number of hydrogen-bond acceptors (Lipinski definition) is 3. The van der Waals surface area contributed by atoms with E-state index in [1.807, 2.05) is 0 Å². The molecule has 4 nitrogen and oxygen atoms in total. The third kappa shape index (κ3) is 3.22. The molecule has 118 valence electrons. The van der Waals surface area contributed by atoms with Crippen LogP contribution in [0.4, 0.5) is 13.2 Å². The highest BCUT2D eigenvalue weighted by atomic mass is 32.2. The van der Waals surface area contributed by atoms with Crippen LogP contribution in [0.25, 0.3) is 0 Å². The van der Waals surface area contributed by atoms with Gasteiger partial charge in [0.2, 0.25) is 10.0 Å². The third-order valence-corrected chi connectivity index (χ3v) is 5.69. The number of hydrogen-bond donors (Lipinski definition) is 1. The summed E-state index contributed by atoms with van der Waals surface area (Å²) in [4.78, 5) is -0.864. The van der Waals surface area contributed by atoms with Gasteiger partial charge in [0.05, 0.1) is 6.10 Å². The Morgan fingerprint density at radius 1 is 1.14 bits per heavy atom. The molecular weight excluding hydrogens is 307 g/mol. The van der Waals surface area contributed by atoms with Gasteiger partial charge in [-0.25, -0.2) is 21.6 Å². The topological polar surface area (TPSA) is 57.6 Å². The number of rotatable bonds is 3. The van der Waals surface area contributed by atoms with Crippen LogP contribution in [0, 0.1) is 23.4 Å². The second-order valence-electron chi connectivity index (χ2n) is 5.18. The molecule has 0 amide bonds. The summed E-state index contributed by atoms with van der Waals surface area (Å²) in [5, 5.41) is 9.48. The number of aliphatic hydroxyl groups is 1. The van der Waals surface area contributed by atoms with E-state index in [0.717, 1.165) is 4.31 Å². The average molecular weight is 323 g/mol. The van der Waals surface area contributed by atoms with Crippen molar-refractivity contribution in [3.8, 4) is 0 Å². The molecule has 1 aliphatic heterocycles. The van der Waals surface area contributed by atoms with Gasteiger partial charge in [-0.1, -0.05) is 0 Å². The summed E-state index contributed by atoms with van der Waals surface area (Å²) in [6, 6.07) is 0.589. The van der Waals surface area contributed by atoms with Gasteiger partial charge in [0.15, 0.2) is 11.6 Å². The predicted octanol–water partition coefficient (Wildman–Crippen LogP) is 1.89. The van der Waals surface area contributed by atoms with E-state index in [1.165, 1.54) is 0 Å². The molecule has 0 spiro atoms. The highest BCUT2D eigenvalue weighted by molar-refractivity contribution is 7.89. The van der Waals surface area contributed by atoms with Crippen molar-refractivity contribution in [2.45, 2.75) is 30.8 Å². The van der Waals surface area contributed by atoms with Crippen molar-refractivity contribution in [2.24, 2.45) is 5.92 Å². The van der Waals surface area contributed by atoms with Crippen molar-refractivity contribution in [1.82, 2.24) is 4.31 Å². The number of halogens is 3. The molecule has 1 atom stereocenters. The summed E-state index contributed by atoms with van der Waals surface area (Å²) >= 11 is 0. The van der Waals surface area contributed by atoms with Crippen molar-refractivity contribution in [1.29, 1.82) is 0 Å². The Balaban J connectivity index is 2.26. The summed E-state index contributed by atoms with van der Waals surface area (Å²) in [6.45, 7) is 1.84. The molecule has 21 heavy (non-hydrogen) atoms. The molecule has 1 fully saturated rings. The first kappa shape index (κ1) is 16.3. The van der Waals surface area contributed by atoms with Crippen LogP contribution in [-0.4, -0.2) is 37.0 Å². The molecule has 1 aromatic carbocycles. The molecule has 1 aromatic rings. The molecule has 1 N–H and O–H groups in total. The number of benzene rings is 1. The lowest BCUT2D eigenvalue weighted by atomic mass is 9.93. The third-order valence-electron chi connectivity index (χ3n) is 3.77. The van der Waals surface area contributed by atoms with Crippen LogP contribution in [0.2, 0.25) is 0 Å². The van der Waals surface area contributed by atoms with Gasteiger partial charge >= 0.3 is 0 Å². The van der Waals surface area contributed by atoms with E-state index < -0.39 is 38.5 Å². The Morgan fingerprint density at radius 2 is 1.67 bits per heavy atom. The molecular formula is C13H16F3NO3S. The highest BCUT2D eigenvalue weighted by Gasteiger charge is 2.33. The SMILES string of the molecule is CC(O)C1CCN(S(=O)(=O)c2cc(F)c(F)cc2F)CC1. The molecule has 1 saturated heterocycles. The first-order chi connectivity index (χ1) is 9.73. The minimum absolute atomic E-state index is 0.0220. The molecule has 0 aromatic heterocycles. The monoisotopic (exact) mass is 323 g/mol. The fourth-order valence-corrected chi connectivity index (χ4v) is 3.97. The lowest BCUT2D eigenvalue weighted by molar-refractivity contribution is 0.0911. The first-order valence-electron chi connectivity index (χ1n) is 6.56. The molecule has 1 aliphatic rings. The summed E-state index contributed by atoms with van der Waals surface area (Å²) in [5.41, 5.74) is 0. The standard InChI is InChI=1S/C13H16F3NO3S/c1-8(18)9-2-4-17(5-3-9)21(19,20)13-7-11(15)10(14)6-12(13)16/h6-9,18H,2-5H2,1H3. The number of aliphatic hydroxyl groups excluding tert-OH is 1. The Labute approximate surface area is 121 Å². The van der Waals surface area contributed by atoms with Crippen LogP contribution in [0.3, 0.4) is 0 Å². The van der Waals surface area contributed by atoms with Crippen LogP contribution >= 0.6 is 0 Å². The van der Waals surface area contributed by atoms with Gasteiger partial charge in [0.25, 0.3) is 0 Å². The second kappa shape index (κ2) is 5.94. The average Bonchev–Trinajstić information content (AvgIpc) is 2.42. The number of nitrogens with zero attached hydrogens (tertiary/aromatic N) is 1. The van der Waals surface area contributed by atoms with Crippen molar-refractivity contribution < 1.29 is 26.7 Å². The normalized spacial score (nSPS) is 19.7. The molecule has 1 heterocycles. The van der Waals surface area contributed by atoms with Crippen LogP contribution < -0.4 is 0 Å². The Hall–Kier alpha value is -1.12. The smallest absolute Gasteiger partial charge is 0.246 e. The predicted molar refractivity (Wildman–Crippen MR) is 69.5 cm³/mol. The first-order valence-corrected chi connectivity index (χ1v) is 8.00. The van der Waals surface area contributed by atoms with Crippen LogP contribution in [0.5, 0.6) is 0 Å². The number of sulfonamides is 1. The quantitative estimate of drug-likeness (QED) is 0.864. The van der Waals surface area contributed by atoms with E-state index in [1.54, 1.807) is 6.92 Å². The summed E-state index contributed by atoms with van der Waals surface area (Å²) in [5.74, 6) is -4.18. The van der Waals surface area contributed by atoms with Crippen molar-refractivity contribution >= 4 is 10.0 Å². The van der Waals surface area contributed by atoms with Crippen molar-refractivity contribution in [2.75, 3.05) is 13.1 Å². The molecule has 0 aliphatic carbocycles. The molecule has 0 bridgehead atoms. The fourth-order valence-electron chi connectivity index (χ4n) is 2.44. The van der Waals surface area contributed by atoms with Crippen LogP contribution in [0.15, 0.2) is 17.0 Å². The zero-order chi connectivity index (χ0) is 15.8. The van der Waals surface area contributed by atoms with Gasteiger partial charge in [-0.2, -0.15) is 4.31 Å². The summed E-state index contributed by atoms with van der Waals surface area (Å²) in [6.07, 6.45) is 0.319. The molecule has 2 rings (SSSR count). The maximum atomic E-state index is 13.6. The van der Waals surface area contributed by atoms with E-state index >= 15 is 0 Å². The molecule has 8 heteroatoms. The van der Waals surface area contributed by atoms with Gasteiger partial charge < -0.3 is 5.11 Å². The van der Waals surface area contributed by atoms with Gasteiger partial charge in [-0.3, -0.25) is 0 Å². The lowest BCUT2D eigenvalue weighted by Gasteiger charge is -2.32. The maximum absolute atomic E-state index is 13.6. The summed E-state index contributed by atoms with van der Waals surface area (Å²) in [7, 11) is -4.21. The van der Waals surface area contributed by atoms with E-state index in [0.29, 0.717) is 18.9 Å². The van der Waals surface area contributed by atoms with Gasteiger partial charge in [-0.15, -0.1) is 0 Å². The number of piperidine rings is 1. The Bertz CT molecular complexity index is 626. The maximum Gasteiger partial charge on any atom is 0.246 e. The second-order valence-corrected chi connectivity index (χ2v) is 7.09. The van der Waals surface area contributed by atoms with Crippen LogP contribution in [-0.2, 0) is 10.0 Å². The minimum atomic E-state index is -4.21. The van der Waals surface area contributed by atoms with E-state index in [9.17, 15) is 26.7 Å². The Kier molecular flexibility index (Phi) is 4.60.